The van der Waals surface area contributed by atoms with Gasteiger partial charge in [0.05, 0.1) is 16.3 Å². The van der Waals surface area contributed by atoms with Gasteiger partial charge < -0.3 is 9.88 Å². The summed E-state index contributed by atoms with van der Waals surface area (Å²) in [5.41, 5.74) is 2.50. The number of aromatic nitrogens is 3. The van der Waals surface area contributed by atoms with Gasteiger partial charge in [-0.05, 0) is 48.4 Å². The molecule has 0 aliphatic rings. The predicted molar refractivity (Wildman–Crippen MR) is 106 cm³/mol. The smallest absolute Gasteiger partial charge is 0.240 e. The molecule has 3 rings (SSSR count). The van der Waals surface area contributed by atoms with Gasteiger partial charge in [-0.3, -0.25) is 0 Å². The molecule has 7 nitrogen and oxygen atoms in total. The van der Waals surface area contributed by atoms with Crippen LogP contribution in [0, 0.1) is 5.92 Å². The van der Waals surface area contributed by atoms with Gasteiger partial charge in [-0.25, -0.2) is 23.1 Å². The maximum Gasteiger partial charge on any atom is 0.240 e. The fraction of sp³-hybridized carbons (Fsp3) is 0.263. The second-order valence-corrected chi connectivity index (χ2v) is 8.43. The number of aryl methyl sites for hydroxylation is 1. The minimum absolute atomic E-state index is 0.229. The quantitative estimate of drug-likeness (QED) is 0.652. The third-order valence-electron chi connectivity index (χ3n) is 3.96. The van der Waals surface area contributed by atoms with Crippen LogP contribution in [0.2, 0.25) is 0 Å². The highest BCUT2D eigenvalue weighted by Gasteiger charge is 2.14. The Morgan fingerprint density at radius 1 is 1.11 bits per heavy atom. The number of rotatable bonds is 7. The molecule has 0 spiro atoms. The van der Waals surface area contributed by atoms with Crippen LogP contribution in [0.5, 0.6) is 0 Å². The summed E-state index contributed by atoms with van der Waals surface area (Å²) in [6.07, 6.45) is 3.64. The monoisotopic (exact) mass is 385 g/mol. The van der Waals surface area contributed by atoms with Crippen molar-refractivity contribution in [2.24, 2.45) is 13.0 Å². The van der Waals surface area contributed by atoms with E-state index < -0.39 is 10.0 Å². The van der Waals surface area contributed by atoms with E-state index in [4.69, 9.17) is 0 Å². The Morgan fingerprint density at radius 2 is 1.85 bits per heavy atom. The molecule has 0 saturated heterocycles. The number of nitrogens with one attached hydrogen (secondary N) is 2. The third-order valence-corrected chi connectivity index (χ3v) is 5.40. The fourth-order valence-electron chi connectivity index (χ4n) is 2.50. The Morgan fingerprint density at radius 3 is 2.48 bits per heavy atom. The second kappa shape index (κ2) is 7.89. The van der Waals surface area contributed by atoms with Gasteiger partial charge >= 0.3 is 0 Å². The molecule has 0 amide bonds. The standard InChI is InChI=1S/C19H23N5O2S/c1-14(2)13-21-27(25,26)16-8-6-15(7-9-16)22-19-20-11-10-17(23-19)18-5-4-12-24(18)3/h4-12,14,21H,13H2,1-3H3,(H,20,22,23). The van der Waals surface area contributed by atoms with Crippen molar-refractivity contribution >= 4 is 21.7 Å². The number of hydrogen-bond donors (Lipinski definition) is 2. The van der Waals surface area contributed by atoms with Crippen LogP contribution in [0.3, 0.4) is 0 Å². The molecule has 8 heteroatoms. The van der Waals surface area contributed by atoms with Crippen molar-refractivity contribution in [3.05, 3.63) is 54.9 Å². The van der Waals surface area contributed by atoms with E-state index in [1.807, 2.05) is 49.9 Å². The normalized spacial score (nSPS) is 11.7. The number of sulfonamides is 1. The van der Waals surface area contributed by atoms with E-state index in [1.54, 1.807) is 30.5 Å². The van der Waals surface area contributed by atoms with E-state index in [-0.39, 0.29) is 10.8 Å². The van der Waals surface area contributed by atoms with Crippen molar-refractivity contribution in [1.29, 1.82) is 0 Å². The lowest BCUT2D eigenvalue weighted by Gasteiger charge is -2.10. The van der Waals surface area contributed by atoms with Crippen LogP contribution in [0.4, 0.5) is 11.6 Å². The van der Waals surface area contributed by atoms with Crippen molar-refractivity contribution in [1.82, 2.24) is 19.3 Å². The first-order valence-electron chi connectivity index (χ1n) is 8.66. The van der Waals surface area contributed by atoms with Crippen LogP contribution in [0.25, 0.3) is 11.4 Å². The molecule has 2 heterocycles. The molecule has 142 valence electrons. The molecular weight excluding hydrogens is 362 g/mol. The molecule has 0 bridgehead atoms. The van der Waals surface area contributed by atoms with E-state index in [2.05, 4.69) is 20.0 Å². The molecule has 2 aromatic heterocycles. The highest BCUT2D eigenvalue weighted by molar-refractivity contribution is 7.89. The van der Waals surface area contributed by atoms with E-state index in [1.165, 1.54) is 0 Å². The van der Waals surface area contributed by atoms with Crippen molar-refractivity contribution in [3.63, 3.8) is 0 Å². The number of nitrogens with zero attached hydrogens (tertiary/aromatic N) is 3. The van der Waals surface area contributed by atoms with Gasteiger partial charge in [0.15, 0.2) is 0 Å². The van der Waals surface area contributed by atoms with Gasteiger partial charge in [0, 0.05) is 31.7 Å². The van der Waals surface area contributed by atoms with Crippen LogP contribution >= 0.6 is 0 Å². The van der Waals surface area contributed by atoms with E-state index >= 15 is 0 Å². The van der Waals surface area contributed by atoms with Crippen LogP contribution < -0.4 is 10.0 Å². The van der Waals surface area contributed by atoms with Crippen LogP contribution in [-0.2, 0) is 17.1 Å². The van der Waals surface area contributed by atoms with Gasteiger partial charge in [-0.2, -0.15) is 0 Å². The Labute approximate surface area is 159 Å². The molecule has 0 fully saturated rings. The average Bonchev–Trinajstić information content (AvgIpc) is 3.07. The topological polar surface area (TPSA) is 88.9 Å². The van der Waals surface area contributed by atoms with E-state index in [0.29, 0.717) is 18.2 Å². The lowest BCUT2D eigenvalue weighted by molar-refractivity contribution is 0.560. The van der Waals surface area contributed by atoms with Gasteiger partial charge in [0.1, 0.15) is 0 Å². The van der Waals surface area contributed by atoms with Crippen molar-refractivity contribution in [3.8, 4) is 11.4 Å². The summed E-state index contributed by atoms with van der Waals surface area (Å²) in [6, 6.07) is 12.3. The maximum atomic E-state index is 12.3. The Balaban J connectivity index is 1.75. The largest absolute Gasteiger partial charge is 0.349 e. The predicted octanol–water partition coefficient (Wildman–Crippen LogP) is 3.16. The molecule has 0 aliphatic carbocycles. The zero-order valence-corrected chi connectivity index (χ0v) is 16.4. The van der Waals surface area contributed by atoms with Crippen LogP contribution in [-0.4, -0.2) is 29.5 Å². The molecule has 0 aliphatic heterocycles. The second-order valence-electron chi connectivity index (χ2n) is 6.66. The summed E-state index contributed by atoms with van der Waals surface area (Å²) >= 11 is 0. The molecule has 2 N–H and O–H groups in total. The van der Waals surface area contributed by atoms with Gasteiger partial charge in [-0.15, -0.1) is 0 Å². The van der Waals surface area contributed by atoms with Gasteiger partial charge in [-0.1, -0.05) is 13.8 Å². The molecule has 27 heavy (non-hydrogen) atoms. The van der Waals surface area contributed by atoms with Gasteiger partial charge in [0.2, 0.25) is 16.0 Å². The van der Waals surface area contributed by atoms with Crippen LogP contribution in [0.1, 0.15) is 13.8 Å². The van der Waals surface area contributed by atoms with Crippen molar-refractivity contribution in [2.45, 2.75) is 18.7 Å². The molecule has 0 unspecified atom stereocenters. The first kappa shape index (κ1) is 19.1. The zero-order chi connectivity index (χ0) is 19.4. The molecule has 0 saturated carbocycles. The SMILES string of the molecule is CC(C)CNS(=O)(=O)c1ccc(Nc2nccc(-c3cccn3C)n2)cc1. The number of anilines is 2. The summed E-state index contributed by atoms with van der Waals surface area (Å²) in [5.74, 6) is 0.691. The number of hydrogen-bond acceptors (Lipinski definition) is 5. The third kappa shape index (κ3) is 4.72. The molecular formula is C19H23N5O2S. The van der Waals surface area contributed by atoms with E-state index in [0.717, 1.165) is 11.4 Å². The highest BCUT2D eigenvalue weighted by atomic mass is 32.2. The minimum atomic E-state index is -3.50. The van der Waals surface area contributed by atoms with E-state index in [9.17, 15) is 8.42 Å². The Kier molecular flexibility index (Phi) is 5.57. The summed E-state index contributed by atoms with van der Waals surface area (Å²) < 4.78 is 29.1. The zero-order valence-electron chi connectivity index (χ0n) is 15.5. The molecule has 0 atom stereocenters. The molecule has 0 radical (unpaired) electrons. The summed E-state index contributed by atoms with van der Waals surface area (Å²) in [7, 11) is -1.54. The highest BCUT2D eigenvalue weighted by Crippen LogP contribution is 2.20. The average molecular weight is 385 g/mol. The molecule has 1 aromatic carbocycles. The lowest BCUT2D eigenvalue weighted by atomic mass is 10.2. The summed E-state index contributed by atoms with van der Waals surface area (Å²) in [5, 5.41) is 3.11. The van der Waals surface area contributed by atoms with Crippen LogP contribution in [0.15, 0.2) is 59.8 Å². The Bertz CT molecular complexity index is 1010. The maximum absolute atomic E-state index is 12.3. The van der Waals surface area contributed by atoms with Crippen molar-refractivity contribution < 1.29 is 8.42 Å². The fourth-order valence-corrected chi connectivity index (χ4v) is 3.71. The first-order valence-corrected chi connectivity index (χ1v) is 10.1. The van der Waals surface area contributed by atoms with Crippen molar-refractivity contribution in [2.75, 3.05) is 11.9 Å². The summed E-state index contributed by atoms with van der Waals surface area (Å²) in [4.78, 5) is 8.98. The summed E-state index contributed by atoms with van der Waals surface area (Å²) in [6.45, 7) is 4.32. The number of benzene rings is 1. The van der Waals surface area contributed by atoms with Gasteiger partial charge in [0.25, 0.3) is 0 Å². The first-order chi connectivity index (χ1) is 12.8. The minimum Gasteiger partial charge on any atom is -0.349 e. The molecule has 3 aromatic rings. The Hall–Kier alpha value is -2.71. The lowest BCUT2D eigenvalue weighted by Crippen LogP contribution is -2.27.